The van der Waals surface area contributed by atoms with Crippen LogP contribution in [-0.4, -0.2) is 16.7 Å². The highest BCUT2D eigenvalue weighted by Gasteiger charge is 2.44. The van der Waals surface area contributed by atoms with E-state index in [1.165, 1.54) is 0 Å². The molecule has 3 heteroatoms. The summed E-state index contributed by atoms with van der Waals surface area (Å²) in [7, 11) is 0. The molecule has 0 aliphatic heterocycles. The molecule has 1 aromatic heterocycles. The second-order valence-electron chi connectivity index (χ2n) is 4.65. The third-order valence-corrected chi connectivity index (χ3v) is 3.52. The van der Waals surface area contributed by atoms with Crippen LogP contribution in [0.15, 0.2) is 42.5 Å². The summed E-state index contributed by atoms with van der Waals surface area (Å²) in [6, 6.07) is 14.2. The molecule has 1 fully saturated rings. The molecular formula is C14H15N3. The topological polar surface area (TPSA) is 51.8 Å². The molecule has 86 valence electrons. The zero-order valence-corrected chi connectivity index (χ0v) is 9.63. The summed E-state index contributed by atoms with van der Waals surface area (Å²) in [6.07, 6.45) is 2.28. The first-order valence-electron chi connectivity index (χ1n) is 5.94. The van der Waals surface area contributed by atoms with Crippen molar-refractivity contribution < 1.29 is 0 Å². The highest BCUT2D eigenvalue weighted by atomic mass is 15.1. The van der Waals surface area contributed by atoms with Gasteiger partial charge in [0.25, 0.3) is 0 Å². The largest absolute Gasteiger partial charge is 0.330 e. The van der Waals surface area contributed by atoms with Crippen LogP contribution in [0, 0.1) is 0 Å². The van der Waals surface area contributed by atoms with Crippen molar-refractivity contribution in [3.05, 3.63) is 48.2 Å². The molecule has 0 unspecified atom stereocenters. The SMILES string of the molecule is NCC1(c2ccc(-c3ccccc3)nn2)CC1. The molecule has 0 atom stereocenters. The van der Waals surface area contributed by atoms with Crippen LogP contribution < -0.4 is 5.73 Å². The van der Waals surface area contributed by atoms with Crippen LogP contribution in [0.1, 0.15) is 18.5 Å². The van der Waals surface area contributed by atoms with Crippen LogP contribution in [0.3, 0.4) is 0 Å². The molecule has 1 aliphatic rings. The first kappa shape index (κ1) is 10.4. The molecule has 2 aromatic rings. The maximum atomic E-state index is 5.78. The molecule has 2 N–H and O–H groups in total. The third kappa shape index (κ3) is 1.83. The van der Waals surface area contributed by atoms with Gasteiger partial charge in [-0.05, 0) is 25.0 Å². The second-order valence-corrected chi connectivity index (χ2v) is 4.65. The lowest BCUT2D eigenvalue weighted by Crippen LogP contribution is -2.21. The lowest BCUT2D eigenvalue weighted by molar-refractivity contribution is 0.663. The van der Waals surface area contributed by atoms with Crippen molar-refractivity contribution in [2.75, 3.05) is 6.54 Å². The molecule has 3 nitrogen and oxygen atoms in total. The maximum Gasteiger partial charge on any atom is 0.0929 e. The number of aromatic nitrogens is 2. The third-order valence-electron chi connectivity index (χ3n) is 3.52. The van der Waals surface area contributed by atoms with Gasteiger partial charge in [-0.2, -0.15) is 10.2 Å². The quantitative estimate of drug-likeness (QED) is 0.870. The van der Waals surface area contributed by atoms with Gasteiger partial charge in [0.1, 0.15) is 0 Å². The van der Waals surface area contributed by atoms with E-state index in [0.29, 0.717) is 6.54 Å². The minimum atomic E-state index is 0.127. The Hall–Kier alpha value is -1.74. The molecule has 17 heavy (non-hydrogen) atoms. The highest BCUT2D eigenvalue weighted by Crippen LogP contribution is 2.46. The monoisotopic (exact) mass is 225 g/mol. The normalized spacial score (nSPS) is 16.8. The van der Waals surface area contributed by atoms with Gasteiger partial charge in [-0.3, -0.25) is 0 Å². The summed E-state index contributed by atoms with van der Waals surface area (Å²) in [5, 5.41) is 8.63. The van der Waals surface area contributed by atoms with Gasteiger partial charge in [0.2, 0.25) is 0 Å². The Kier molecular flexibility index (Phi) is 2.41. The lowest BCUT2D eigenvalue weighted by atomic mass is 10.0. The Labute approximate surface area is 101 Å². The zero-order chi connectivity index (χ0) is 11.7. The van der Waals surface area contributed by atoms with E-state index < -0.39 is 0 Å². The fourth-order valence-corrected chi connectivity index (χ4v) is 2.09. The number of benzene rings is 1. The molecule has 0 radical (unpaired) electrons. The van der Waals surface area contributed by atoms with Gasteiger partial charge in [-0.15, -0.1) is 0 Å². The van der Waals surface area contributed by atoms with Crippen LogP contribution >= 0.6 is 0 Å². The van der Waals surface area contributed by atoms with Crippen LogP contribution in [0.4, 0.5) is 0 Å². The van der Waals surface area contributed by atoms with Gasteiger partial charge >= 0.3 is 0 Å². The molecule has 1 aromatic carbocycles. The van der Waals surface area contributed by atoms with Crippen molar-refractivity contribution in [2.45, 2.75) is 18.3 Å². The van der Waals surface area contributed by atoms with E-state index in [0.717, 1.165) is 29.8 Å². The first-order chi connectivity index (χ1) is 8.34. The number of rotatable bonds is 3. The molecule has 0 bridgehead atoms. The van der Waals surface area contributed by atoms with E-state index in [1.807, 2.05) is 36.4 Å². The van der Waals surface area contributed by atoms with Crippen molar-refractivity contribution in [1.82, 2.24) is 10.2 Å². The smallest absolute Gasteiger partial charge is 0.0929 e. The number of nitrogens with zero attached hydrogens (tertiary/aromatic N) is 2. The van der Waals surface area contributed by atoms with Crippen LogP contribution in [0.25, 0.3) is 11.3 Å². The Bertz CT molecular complexity index is 501. The van der Waals surface area contributed by atoms with Gasteiger partial charge in [-0.25, -0.2) is 0 Å². The minimum Gasteiger partial charge on any atom is -0.330 e. The summed E-state index contributed by atoms with van der Waals surface area (Å²) in [5.74, 6) is 0. The Morgan fingerprint density at radius 2 is 1.76 bits per heavy atom. The van der Waals surface area contributed by atoms with Crippen molar-refractivity contribution in [3.63, 3.8) is 0 Å². The summed E-state index contributed by atoms with van der Waals surface area (Å²) in [5.41, 5.74) is 8.97. The van der Waals surface area contributed by atoms with E-state index in [2.05, 4.69) is 16.3 Å². The maximum absolute atomic E-state index is 5.78. The Morgan fingerprint density at radius 1 is 1.00 bits per heavy atom. The van der Waals surface area contributed by atoms with Crippen LogP contribution in [-0.2, 0) is 5.41 Å². The van der Waals surface area contributed by atoms with Gasteiger partial charge in [0.15, 0.2) is 0 Å². The molecule has 1 saturated carbocycles. The summed E-state index contributed by atoms with van der Waals surface area (Å²) >= 11 is 0. The number of hydrogen-bond acceptors (Lipinski definition) is 3. The fourth-order valence-electron chi connectivity index (χ4n) is 2.09. The van der Waals surface area contributed by atoms with E-state index >= 15 is 0 Å². The molecule has 1 heterocycles. The van der Waals surface area contributed by atoms with Crippen molar-refractivity contribution in [2.24, 2.45) is 5.73 Å². The molecular weight excluding hydrogens is 210 g/mol. The van der Waals surface area contributed by atoms with Gasteiger partial charge in [0.05, 0.1) is 11.4 Å². The predicted octanol–water partition coefficient (Wildman–Crippen LogP) is 2.13. The van der Waals surface area contributed by atoms with Crippen LogP contribution in [0.5, 0.6) is 0 Å². The van der Waals surface area contributed by atoms with E-state index in [-0.39, 0.29) is 5.41 Å². The molecule has 0 saturated heterocycles. The van der Waals surface area contributed by atoms with Gasteiger partial charge < -0.3 is 5.73 Å². The van der Waals surface area contributed by atoms with Gasteiger partial charge in [0, 0.05) is 17.5 Å². The second kappa shape index (κ2) is 3.93. The standard InChI is InChI=1S/C14H15N3/c15-10-14(8-9-14)13-7-6-12(16-17-13)11-4-2-1-3-5-11/h1-7H,8-10,15H2. The number of hydrogen-bond donors (Lipinski definition) is 1. The zero-order valence-electron chi connectivity index (χ0n) is 9.63. The first-order valence-corrected chi connectivity index (χ1v) is 5.94. The molecule has 3 rings (SSSR count). The van der Waals surface area contributed by atoms with Crippen molar-refractivity contribution >= 4 is 0 Å². The average Bonchev–Trinajstić information content (AvgIpc) is 3.21. The number of nitrogens with two attached hydrogens (primary N) is 1. The summed E-state index contributed by atoms with van der Waals surface area (Å²) in [6.45, 7) is 0.673. The summed E-state index contributed by atoms with van der Waals surface area (Å²) in [4.78, 5) is 0. The Morgan fingerprint density at radius 3 is 2.29 bits per heavy atom. The molecule has 1 aliphatic carbocycles. The Balaban J connectivity index is 1.91. The van der Waals surface area contributed by atoms with Crippen LogP contribution in [0.2, 0.25) is 0 Å². The van der Waals surface area contributed by atoms with Crippen molar-refractivity contribution in [1.29, 1.82) is 0 Å². The van der Waals surface area contributed by atoms with E-state index in [9.17, 15) is 0 Å². The van der Waals surface area contributed by atoms with Gasteiger partial charge in [-0.1, -0.05) is 30.3 Å². The average molecular weight is 225 g/mol. The predicted molar refractivity (Wildman–Crippen MR) is 67.4 cm³/mol. The van der Waals surface area contributed by atoms with E-state index in [4.69, 9.17) is 5.73 Å². The van der Waals surface area contributed by atoms with Crippen molar-refractivity contribution in [3.8, 4) is 11.3 Å². The van der Waals surface area contributed by atoms with E-state index in [1.54, 1.807) is 0 Å². The molecule has 0 amide bonds. The highest BCUT2D eigenvalue weighted by molar-refractivity contribution is 5.58. The minimum absolute atomic E-state index is 0.127. The molecule has 0 spiro atoms. The fraction of sp³-hybridized carbons (Fsp3) is 0.286. The summed E-state index contributed by atoms with van der Waals surface area (Å²) < 4.78 is 0. The lowest BCUT2D eigenvalue weighted by Gasteiger charge is -2.10.